The molecule has 0 aliphatic heterocycles. The van der Waals surface area contributed by atoms with E-state index in [0.29, 0.717) is 0 Å². The van der Waals surface area contributed by atoms with E-state index in [1.165, 1.54) is 23.5 Å². The second-order valence-electron chi connectivity index (χ2n) is 4.08. The van der Waals surface area contributed by atoms with Crippen molar-refractivity contribution in [1.82, 2.24) is 4.98 Å². The third-order valence-electron chi connectivity index (χ3n) is 2.74. The van der Waals surface area contributed by atoms with Gasteiger partial charge in [-0.2, -0.15) is 18.4 Å². The monoisotopic (exact) mass is 297 g/mol. The van der Waals surface area contributed by atoms with Crippen molar-refractivity contribution in [3.63, 3.8) is 0 Å². The summed E-state index contributed by atoms with van der Waals surface area (Å²) >= 11 is 1.38. The molecule has 0 atom stereocenters. The molecule has 0 radical (unpaired) electrons. The molecule has 0 fully saturated rings. The first kappa shape index (κ1) is 14.3. The lowest BCUT2D eigenvalue weighted by Gasteiger charge is -2.14. The van der Waals surface area contributed by atoms with Gasteiger partial charge in [-0.25, -0.2) is 4.98 Å². The summed E-state index contributed by atoms with van der Waals surface area (Å²) < 4.78 is 38.9. The van der Waals surface area contributed by atoms with Crippen LogP contribution in [-0.4, -0.2) is 4.98 Å². The van der Waals surface area contributed by atoms with Crippen molar-refractivity contribution >= 4 is 17.0 Å². The molecular weight excluding hydrogens is 287 g/mol. The summed E-state index contributed by atoms with van der Waals surface area (Å²) in [4.78, 5) is 4.92. The molecule has 0 aliphatic rings. The van der Waals surface area contributed by atoms with Crippen LogP contribution in [0.3, 0.4) is 0 Å². The Kier molecular flexibility index (Phi) is 3.95. The molecule has 0 saturated heterocycles. The molecule has 0 unspecified atom stereocenters. The van der Waals surface area contributed by atoms with Crippen molar-refractivity contribution in [3.8, 4) is 6.07 Å². The van der Waals surface area contributed by atoms with Crippen molar-refractivity contribution in [2.45, 2.75) is 19.6 Å². The van der Waals surface area contributed by atoms with E-state index in [2.05, 4.69) is 10.3 Å². The lowest BCUT2D eigenvalue weighted by Crippen LogP contribution is -2.11. The number of nitrogens with zero attached hydrogens (tertiary/aromatic N) is 2. The van der Waals surface area contributed by atoms with Gasteiger partial charge in [-0.1, -0.05) is 0 Å². The van der Waals surface area contributed by atoms with E-state index >= 15 is 0 Å². The molecule has 0 aliphatic carbocycles. The van der Waals surface area contributed by atoms with Gasteiger partial charge in [0, 0.05) is 10.6 Å². The predicted molar refractivity (Wildman–Crippen MR) is 70.3 cm³/mol. The van der Waals surface area contributed by atoms with Crippen LogP contribution in [0.5, 0.6) is 0 Å². The van der Waals surface area contributed by atoms with E-state index in [1.54, 1.807) is 18.5 Å². The molecule has 0 spiro atoms. The number of hydrogen-bond acceptors (Lipinski definition) is 4. The van der Waals surface area contributed by atoms with Crippen molar-refractivity contribution < 1.29 is 13.2 Å². The Morgan fingerprint density at radius 2 is 2.15 bits per heavy atom. The first-order valence-corrected chi connectivity index (χ1v) is 6.54. The highest BCUT2D eigenvalue weighted by Gasteiger charge is 2.33. The van der Waals surface area contributed by atoms with Gasteiger partial charge in [0.25, 0.3) is 0 Å². The summed E-state index contributed by atoms with van der Waals surface area (Å²) in [6, 6.07) is 5.19. The summed E-state index contributed by atoms with van der Waals surface area (Å²) in [5.41, 5.74) is 1.56. The number of halogens is 3. The summed E-state index contributed by atoms with van der Waals surface area (Å²) in [5, 5.41) is 11.4. The average Bonchev–Trinajstić information content (AvgIpc) is 2.80. The molecule has 2 aromatic rings. The minimum Gasteiger partial charge on any atom is -0.380 e. The Morgan fingerprint density at radius 1 is 1.40 bits per heavy atom. The number of aromatic nitrogens is 1. The second-order valence-corrected chi connectivity index (χ2v) is 5.02. The lowest BCUT2D eigenvalue weighted by molar-refractivity contribution is -0.137. The van der Waals surface area contributed by atoms with Gasteiger partial charge >= 0.3 is 6.18 Å². The molecule has 1 aromatic carbocycles. The van der Waals surface area contributed by atoms with Crippen LogP contribution in [0.4, 0.5) is 18.9 Å². The Labute approximate surface area is 117 Å². The zero-order valence-corrected chi connectivity index (χ0v) is 11.3. The minimum atomic E-state index is -4.50. The van der Waals surface area contributed by atoms with Gasteiger partial charge in [-0.15, -0.1) is 11.3 Å². The predicted octanol–water partition coefficient (Wildman–Crippen LogP) is 3.95. The van der Waals surface area contributed by atoms with E-state index in [4.69, 9.17) is 5.26 Å². The van der Waals surface area contributed by atoms with Crippen LogP contribution < -0.4 is 5.32 Å². The molecule has 1 heterocycles. The summed E-state index contributed by atoms with van der Waals surface area (Å²) in [7, 11) is 0. The fourth-order valence-electron chi connectivity index (χ4n) is 1.67. The molecule has 1 aromatic heterocycles. The molecule has 0 bridgehead atoms. The normalized spacial score (nSPS) is 11.2. The fraction of sp³-hybridized carbons (Fsp3) is 0.231. The van der Waals surface area contributed by atoms with Gasteiger partial charge in [0.2, 0.25) is 0 Å². The Hall–Kier alpha value is -2.07. The largest absolute Gasteiger partial charge is 0.418 e. The molecule has 104 valence electrons. The van der Waals surface area contributed by atoms with Crippen LogP contribution in [0.25, 0.3) is 0 Å². The van der Waals surface area contributed by atoms with Crippen LogP contribution >= 0.6 is 11.3 Å². The highest BCUT2D eigenvalue weighted by atomic mass is 32.1. The number of aryl methyl sites for hydroxylation is 1. The van der Waals surface area contributed by atoms with Gasteiger partial charge < -0.3 is 5.32 Å². The molecule has 7 heteroatoms. The smallest absolute Gasteiger partial charge is 0.380 e. The van der Waals surface area contributed by atoms with E-state index in [1.807, 2.05) is 0 Å². The Bertz CT molecular complexity index is 656. The van der Waals surface area contributed by atoms with Crippen molar-refractivity contribution in [2.75, 3.05) is 5.32 Å². The number of rotatable bonds is 3. The summed E-state index contributed by atoms with van der Waals surface area (Å²) in [6.07, 6.45) is -4.50. The maximum atomic E-state index is 13.0. The highest BCUT2D eigenvalue weighted by molar-refractivity contribution is 7.09. The molecule has 0 saturated carbocycles. The summed E-state index contributed by atoms with van der Waals surface area (Å²) in [6.45, 7) is 2.07. The minimum absolute atomic E-state index is 0.0168. The van der Waals surface area contributed by atoms with Crippen molar-refractivity contribution in [2.24, 2.45) is 0 Å². The molecular formula is C13H10F3N3S. The van der Waals surface area contributed by atoms with Gasteiger partial charge in [0.15, 0.2) is 0 Å². The third kappa shape index (κ3) is 3.08. The number of nitriles is 1. The fourth-order valence-corrected chi connectivity index (χ4v) is 2.39. The zero-order chi connectivity index (χ0) is 14.8. The van der Waals surface area contributed by atoms with Gasteiger partial charge in [-0.05, 0) is 25.1 Å². The molecule has 2 rings (SSSR count). The first-order valence-electron chi connectivity index (χ1n) is 5.66. The quantitative estimate of drug-likeness (QED) is 0.933. The second kappa shape index (κ2) is 5.51. The molecule has 0 amide bonds. The number of anilines is 1. The number of alkyl halides is 3. The zero-order valence-electron chi connectivity index (χ0n) is 10.5. The highest BCUT2D eigenvalue weighted by Crippen LogP contribution is 2.35. The van der Waals surface area contributed by atoms with Crippen LogP contribution in [0.1, 0.15) is 21.7 Å². The Morgan fingerprint density at radius 3 is 2.70 bits per heavy atom. The van der Waals surface area contributed by atoms with E-state index in [-0.39, 0.29) is 17.8 Å². The van der Waals surface area contributed by atoms with Crippen LogP contribution in [0.2, 0.25) is 0 Å². The number of thiazole rings is 1. The standard InChI is InChI=1S/C13H10F3N3S/c1-8-12(20-7-19-8)6-18-11-3-2-9(5-17)4-10(11)13(14,15)16/h2-4,7,18H,6H2,1H3. The average molecular weight is 297 g/mol. The van der Waals surface area contributed by atoms with Gasteiger partial charge in [0.05, 0.1) is 34.9 Å². The first-order chi connectivity index (χ1) is 9.41. The van der Waals surface area contributed by atoms with Crippen molar-refractivity contribution in [3.05, 3.63) is 45.4 Å². The SMILES string of the molecule is Cc1ncsc1CNc1ccc(C#N)cc1C(F)(F)F. The Balaban J connectivity index is 2.28. The molecule has 1 N–H and O–H groups in total. The number of benzene rings is 1. The van der Waals surface area contributed by atoms with Crippen molar-refractivity contribution in [1.29, 1.82) is 5.26 Å². The maximum Gasteiger partial charge on any atom is 0.418 e. The van der Waals surface area contributed by atoms with E-state index < -0.39 is 11.7 Å². The molecule has 3 nitrogen and oxygen atoms in total. The maximum absolute atomic E-state index is 13.0. The van der Waals surface area contributed by atoms with Gasteiger partial charge in [-0.3, -0.25) is 0 Å². The number of hydrogen-bond donors (Lipinski definition) is 1. The summed E-state index contributed by atoms with van der Waals surface area (Å²) in [5.74, 6) is 0. The lowest BCUT2D eigenvalue weighted by atomic mass is 10.1. The third-order valence-corrected chi connectivity index (χ3v) is 3.67. The van der Waals surface area contributed by atoms with E-state index in [0.717, 1.165) is 16.6 Å². The molecule has 20 heavy (non-hydrogen) atoms. The van der Waals surface area contributed by atoms with Gasteiger partial charge in [0.1, 0.15) is 0 Å². The van der Waals surface area contributed by atoms with E-state index in [9.17, 15) is 13.2 Å². The van der Waals surface area contributed by atoms with Crippen LogP contribution in [0, 0.1) is 18.3 Å². The topological polar surface area (TPSA) is 48.7 Å². The van der Waals surface area contributed by atoms with Crippen LogP contribution in [0.15, 0.2) is 23.7 Å². The number of nitrogens with one attached hydrogen (secondary N) is 1. The van der Waals surface area contributed by atoms with Crippen LogP contribution in [-0.2, 0) is 12.7 Å².